The molecule has 1 amide bonds. The van der Waals surface area contributed by atoms with E-state index in [4.69, 9.17) is 18.0 Å². The average Bonchev–Trinajstić information content (AvgIpc) is 2.28. The molecule has 0 unspecified atom stereocenters. The molecule has 0 saturated carbocycles. The highest BCUT2D eigenvalue weighted by atomic mass is 32.1. The molecule has 4 N–H and O–H groups in total. The topological polar surface area (TPSA) is 75.3 Å². The molecule has 0 aromatic heterocycles. The lowest BCUT2D eigenvalue weighted by Gasteiger charge is -2.06. The minimum atomic E-state index is -0.265. The Morgan fingerprint density at radius 1 is 1.35 bits per heavy atom. The molecule has 0 spiro atoms. The van der Waals surface area contributed by atoms with Crippen LogP contribution >= 0.6 is 12.2 Å². The number of hydrogen-bond donors (Lipinski definition) is 3. The summed E-state index contributed by atoms with van der Waals surface area (Å²) in [4.78, 5) is 12.1. The number of unbranched alkanes of at least 4 members (excludes halogenated alkanes) is 1. The number of benzene rings is 1. The Bertz CT molecular complexity index is 407. The number of thiocarbonyl (C=S) groups is 1. The van der Waals surface area contributed by atoms with Gasteiger partial charge in [-0.15, -0.1) is 0 Å². The van der Waals surface area contributed by atoms with Crippen molar-refractivity contribution in [3.05, 3.63) is 29.8 Å². The van der Waals surface area contributed by atoms with Gasteiger partial charge in [-0.05, 0) is 31.4 Å². The smallest absolute Gasteiger partial charge is 0.255 e. The highest BCUT2D eigenvalue weighted by Crippen LogP contribution is 2.14. The zero-order valence-electron chi connectivity index (χ0n) is 9.48. The lowest BCUT2D eigenvalue weighted by Crippen LogP contribution is -2.24. The Kier molecular flexibility index (Phi) is 5.42. The fourth-order valence-corrected chi connectivity index (χ4v) is 1.53. The summed E-state index contributed by atoms with van der Waals surface area (Å²) in [7, 11) is 0. The van der Waals surface area contributed by atoms with Crippen molar-refractivity contribution in [3.8, 4) is 5.75 Å². The van der Waals surface area contributed by atoms with Crippen LogP contribution in [0.4, 0.5) is 0 Å². The number of hydrogen-bond acceptors (Lipinski definition) is 3. The third kappa shape index (κ3) is 4.82. The summed E-state index contributed by atoms with van der Waals surface area (Å²) in [6, 6.07) is 6.46. The van der Waals surface area contributed by atoms with Gasteiger partial charge in [-0.3, -0.25) is 4.79 Å². The van der Waals surface area contributed by atoms with E-state index in [1.165, 1.54) is 6.07 Å². The Balaban J connectivity index is 2.31. The molecule has 0 bridgehead atoms. The van der Waals surface area contributed by atoms with Gasteiger partial charge in [-0.2, -0.15) is 0 Å². The van der Waals surface area contributed by atoms with Crippen molar-refractivity contribution in [2.24, 2.45) is 5.73 Å². The van der Waals surface area contributed by atoms with Crippen LogP contribution in [-0.2, 0) is 0 Å². The van der Waals surface area contributed by atoms with Crippen molar-refractivity contribution in [2.45, 2.75) is 19.3 Å². The maximum absolute atomic E-state index is 11.6. The van der Waals surface area contributed by atoms with Gasteiger partial charge >= 0.3 is 0 Å². The summed E-state index contributed by atoms with van der Waals surface area (Å²) in [5, 5.41) is 12.2. The maximum Gasteiger partial charge on any atom is 0.255 e. The molecular formula is C12H16N2O2S. The summed E-state index contributed by atoms with van der Waals surface area (Å²) in [5.41, 5.74) is 5.65. The molecule has 0 heterocycles. The molecule has 1 aromatic rings. The quantitative estimate of drug-likeness (QED) is 0.531. The number of nitrogens with two attached hydrogens (primary N) is 1. The number of carbonyl (C=O) groups excluding carboxylic acids is 1. The number of aromatic hydroxyl groups is 1. The van der Waals surface area contributed by atoms with Crippen LogP contribution in [0.25, 0.3) is 0 Å². The first-order valence-corrected chi connectivity index (χ1v) is 5.86. The third-order valence-corrected chi connectivity index (χ3v) is 2.49. The fraction of sp³-hybridized carbons (Fsp3) is 0.333. The van der Waals surface area contributed by atoms with Gasteiger partial charge in [0.1, 0.15) is 5.75 Å². The lowest BCUT2D eigenvalue weighted by molar-refractivity contribution is 0.0950. The summed E-state index contributed by atoms with van der Waals surface area (Å²) in [6.45, 7) is 0.551. The first-order valence-electron chi connectivity index (χ1n) is 5.45. The zero-order chi connectivity index (χ0) is 12.7. The molecule has 1 aromatic carbocycles. The molecule has 5 heteroatoms. The molecule has 0 aliphatic heterocycles. The van der Waals surface area contributed by atoms with E-state index in [2.05, 4.69) is 5.32 Å². The SMILES string of the molecule is NC(=S)CCCCNC(=O)c1ccccc1O. The fourth-order valence-electron chi connectivity index (χ4n) is 1.39. The Hall–Kier alpha value is -1.62. The second-order valence-corrected chi connectivity index (χ2v) is 4.22. The van der Waals surface area contributed by atoms with Crippen molar-refractivity contribution in [3.63, 3.8) is 0 Å². The van der Waals surface area contributed by atoms with Crippen molar-refractivity contribution < 1.29 is 9.90 Å². The van der Waals surface area contributed by atoms with Crippen molar-refractivity contribution in [1.82, 2.24) is 5.32 Å². The number of para-hydroxylation sites is 1. The number of phenolic OH excluding ortho intramolecular Hbond substituents is 1. The van der Waals surface area contributed by atoms with E-state index in [1.54, 1.807) is 18.2 Å². The van der Waals surface area contributed by atoms with Crippen LogP contribution in [0.5, 0.6) is 5.75 Å². The Morgan fingerprint density at radius 2 is 2.06 bits per heavy atom. The van der Waals surface area contributed by atoms with Gasteiger partial charge in [0, 0.05) is 6.54 Å². The van der Waals surface area contributed by atoms with Crippen molar-refractivity contribution in [2.75, 3.05) is 6.54 Å². The van der Waals surface area contributed by atoms with E-state index < -0.39 is 0 Å². The molecule has 0 atom stereocenters. The number of carbonyl (C=O) groups is 1. The minimum absolute atomic E-state index is 0.00636. The summed E-state index contributed by atoms with van der Waals surface area (Å²) in [5.74, 6) is -0.272. The van der Waals surface area contributed by atoms with Crippen LogP contribution in [0.15, 0.2) is 24.3 Å². The average molecular weight is 252 g/mol. The Morgan fingerprint density at radius 3 is 2.71 bits per heavy atom. The monoisotopic (exact) mass is 252 g/mol. The van der Waals surface area contributed by atoms with Gasteiger partial charge in [0.2, 0.25) is 0 Å². The van der Waals surface area contributed by atoms with Crippen LogP contribution in [0.3, 0.4) is 0 Å². The van der Waals surface area contributed by atoms with Crippen molar-refractivity contribution in [1.29, 1.82) is 0 Å². The predicted molar refractivity (Wildman–Crippen MR) is 71.1 cm³/mol. The van der Waals surface area contributed by atoms with E-state index in [0.717, 1.165) is 12.8 Å². The number of rotatable bonds is 6. The third-order valence-electron chi connectivity index (χ3n) is 2.28. The van der Waals surface area contributed by atoms with Crippen LogP contribution < -0.4 is 11.1 Å². The highest BCUT2D eigenvalue weighted by molar-refractivity contribution is 7.80. The molecule has 1 rings (SSSR count). The minimum Gasteiger partial charge on any atom is -0.507 e. The number of phenols is 1. The van der Waals surface area contributed by atoms with Gasteiger partial charge < -0.3 is 16.2 Å². The van der Waals surface area contributed by atoms with Gasteiger partial charge in [-0.25, -0.2) is 0 Å². The van der Waals surface area contributed by atoms with Crippen LogP contribution in [-0.4, -0.2) is 22.5 Å². The van der Waals surface area contributed by atoms with E-state index in [-0.39, 0.29) is 11.7 Å². The van der Waals surface area contributed by atoms with E-state index in [0.29, 0.717) is 23.5 Å². The predicted octanol–water partition coefficient (Wildman–Crippen LogP) is 1.58. The number of amides is 1. The maximum atomic E-state index is 11.6. The van der Waals surface area contributed by atoms with Crippen molar-refractivity contribution >= 4 is 23.1 Å². The van der Waals surface area contributed by atoms with Crippen LogP contribution in [0, 0.1) is 0 Å². The zero-order valence-corrected chi connectivity index (χ0v) is 10.3. The van der Waals surface area contributed by atoms with Gasteiger partial charge in [0.25, 0.3) is 5.91 Å². The molecule has 0 aliphatic rings. The van der Waals surface area contributed by atoms with E-state index >= 15 is 0 Å². The highest BCUT2D eigenvalue weighted by Gasteiger charge is 2.08. The summed E-state index contributed by atoms with van der Waals surface area (Å²) < 4.78 is 0. The second-order valence-electron chi connectivity index (χ2n) is 3.70. The van der Waals surface area contributed by atoms with Gasteiger partial charge in [-0.1, -0.05) is 24.4 Å². The lowest BCUT2D eigenvalue weighted by atomic mass is 10.2. The Labute approximate surface area is 106 Å². The van der Waals surface area contributed by atoms with Crippen LogP contribution in [0.1, 0.15) is 29.6 Å². The molecular weight excluding hydrogens is 236 g/mol. The summed E-state index contributed by atoms with van der Waals surface area (Å²) >= 11 is 4.75. The molecule has 17 heavy (non-hydrogen) atoms. The first kappa shape index (κ1) is 13.4. The number of nitrogens with one attached hydrogen (secondary N) is 1. The largest absolute Gasteiger partial charge is 0.507 e. The molecule has 0 fully saturated rings. The second kappa shape index (κ2) is 6.85. The molecule has 0 saturated heterocycles. The standard InChI is InChI=1S/C12H16N2O2S/c13-11(17)7-3-4-8-14-12(16)9-5-1-2-6-10(9)15/h1-2,5-6,15H,3-4,7-8H2,(H2,13,17)(H,14,16). The normalized spacial score (nSPS) is 9.88. The van der Waals surface area contributed by atoms with E-state index in [9.17, 15) is 9.90 Å². The van der Waals surface area contributed by atoms with Crippen LogP contribution in [0.2, 0.25) is 0 Å². The van der Waals surface area contributed by atoms with E-state index in [1.807, 2.05) is 0 Å². The molecule has 0 radical (unpaired) electrons. The summed E-state index contributed by atoms with van der Waals surface area (Å²) in [6.07, 6.45) is 2.37. The first-order chi connectivity index (χ1) is 8.11. The molecule has 92 valence electrons. The molecule has 4 nitrogen and oxygen atoms in total. The molecule has 0 aliphatic carbocycles. The van der Waals surface area contributed by atoms with Gasteiger partial charge in [0.15, 0.2) is 0 Å². The van der Waals surface area contributed by atoms with Gasteiger partial charge in [0.05, 0.1) is 10.6 Å².